The number of likely N-dealkylation sites (N-methyl/N-ethyl adjacent to an activating group) is 1. The number of methoxy groups -OCH3 is 1. The number of halogens is 2. The second-order valence-corrected chi connectivity index (χ2v) is 37.7. The predicted molar refractivity (Wildman–Crippen MR) is 526 cm³/mol. The third-order valence-electron chi connectivity index (χ3n) is 28.8. The fraction of sp³-hybridized carbons (Fsp3) is 0.439. The molecule has 18 rings (SSSR count). The van der Waals surface area contributed by atoms with Crippen LogP contribution in [-0.4, -0.2) is 263 Å². The number of aryl methyl sites for hydroxylation is 3. The number of fused-ring (bicyclic) bond motifs is 6. The van der Waals surface area contributed by atoms with E-state index in [1.165, 1.54) is 67.2 Å². The van der Waals surface area contributed by atoms with Crippen LogP contribution in [0.4, 0.5) is 42.9 Å². The first kappa shape index (κ1) is 96.2. The molecule has 9 aliphatic rings. The van der Waals surface area contributed by atoms with Crippen molar-refractivity contribution in [1.82, 2.24) is 44.4 Å². The summed E-state index contributed by atoms with van der Waals surface area (Å²) in [5.74, 6) is -0.0240. The minimum absolute atomic E-state index is 0.138. The number of anilines is 6. The van der Waals surface area contributed by atoms with E-state index < -0.39 is 11.3 Å². The maximum atomic E-state index is 15.9. The van der Waals surface area contributed by atoms with Crippen LogP contribution in [0.2, 0.25) is 0 Å². The van der Waals surface area contributed by atoms with Crippen LogP contribution in [0.15, 0.2) is 147 Å². The first-order valence-corrected chi connectivity index (χ1v) is 47.5. The lowest BCUT2D eigenvalue weighted by Gasteiger charge is -2.43. The van der Waals surface area contributed by atoms with Gasteiger partial charge in [-0.05, 0) is 163 Å². The molecular formula is C107H119F2N21O7. The lowest BCUT2D eigenvalue weighted by Crippen LogP contribution is -2.55. The number of nitriles is 6. The summed E-state index contributed by atoms with van der Waals surface area (Å²) < 4.78 is 56.5. The van der Waals surface area contributed by atoms with Gasteiger partial charge in [0.15, 0.2) is 5.67 Å². The van der Waals surface area contributed by atoms with Gasteiger partial charge in [-0.3, -0.25) is 19.3 Å². The van der Waals surface area contributed by atoms with Gasteiger partial charge in [0, 0.05) is 168 Å². The van der Waals surface area contributed by atoms with Crippen LogP contribution in [0.25, 0.3) is 32.3 Å². The van der Waals surface area contributed by atoms with Gasteiger partial charge >= 0.3 is 0 Å². The SMILES string of the molecule is C=CC(=O)N1CCN(c2c(C#N)c(OCC3(F)CCN(C)CC3)nc3c2CCN(c2cccc4cccc(C)c24)C3)C[C@@H]1CC#N.C=CC(=O)N1CCN(c2c(C#N)c(OC[C@]3(F)CCCN(C)C3)nc3c2CCN(c2cccc4cccc(C)c24)C3)C[C@@H]1CC#N.C=CC(=O)N1CCN(c2c(C#N)c(O[C@@H]3CN(C)C[C@H]3OC)nc3c2CCN(c2cccc4cccc(C)c24)C3)C[C@@H]1CC#N. The largest absolute Gasteiger partial charge is 0.473 e. The van der Waals surface area contributed by atoms with Crippen molar-refractivity contribution in [1.29, 1.82) is 31.6 Å². The van der Waals surface area contributed by atoms with Crippen LogP contribution in [0.5, 0.6) is 17.6 Å². The van der Waals surface area contributed by atoms with Crippen molar-refractivity contribution in [2.24, 2.45) is 0 Å². The highest BCUT2D eigenvalue weighted by atomic mass is 19.1. The maximum absolute atomic E-state index is 15.9. The Morgan fingerprint density at radius 2 is 0.774 bits per heavy atom. The average Bonchev–Trinajstić information content (AvgIpc) is 0.788. The average molecular weight is 1850 g/mol. The summed E-state index contributed by atoms with van der Waals surface area (Å²) in [6.07, 6.45) is 7.73. The highest BCUT2D eigenvalue weighted by Crippen LogP contribution is 2.47. The van der Waals surface area contributed by atoms with E-state index in [0.29, 0.717) is 148 Å². The fourth-order valence-corrected chi connectivity index (χ4v) is 21.8. The number of carbonyl (C=O) groups excluding carboxylic acids is 3. The van der Waals surface area contributed by atoms with Gasteiger partial charge in [0.2, 0.25) is 35.4 Å². The molecule has 0 spiro atoms. The Morgan fingerprint density at radius 1 is 0.423 bits per heavy atom. The van der Waals surface area contributed by atoms with Crippen molar-refractivity contribution in [3.8, 4) is 54.1 Å². The van der Waals surface area contributed by atoms with Gasteiger partial charge in [-0.2, -0.15) is 31.6 Å². The number of nitrogens with zero attached hydrogens (tertiary/aromatic N) is 21. The predicted octanol–water partition coefficient (Wildman–Crippen LogP) is 13.6. The molecule has 6 aromatic carbocycles. The molecule has 0 N–H and O–H groups in total. The summed E-state index contributed by atoms with van der Waals surface area (Å²) in [6.45, 7) is 28.3. The molecule has 30 heteroatoms. The van der Waals surface area contributed by atoms with Crippen LogP contribution < -0.4 is 43.6 Å². The summed E-state index contributed by atoms with van der Waals surface area (Å²) in [5.41, 5.74) is 12.6. The van der Waals surface area contributed by atoms with E-state index in [2.05, 4.69) is 225 Å². The molecule has 3 amide bonds. The normalized spacial score (nSPS) is 21.0. The number of hydrogen-bond acceptors (Lipinski definition) is 25. The second-order valence-electron chi connectivity index (χ2n) is 37.7. The molecule has 3 aromatic heterocycles. The molecule has 9 aromatic rings. The highest BCUT2D eigenvalue weighted by molar-refractivity contribution is 6.00. The summed E-state index contributed by atoms with van der Waals surface area (Å²) in [7, 11) is 7.59. The number of piperidine rings is 2. The first-order chi connectivity index (χ1) is 66.3. The first-order valence-electron chi connectivity index (χ1n) is 47.5. The Morgan fingerprint density at radius 3 is 1.12 bits per heavy atom. The molecule has 708 valence electrons. The quantitative estimate of drug-likeness (QED) is 0.0603. The van der Waals surface area contributed by atoms with Gasteiger partial charge in [0.05, 0.1) is 109 Å². The van der Waals surface area contributed by atoms with Crippen molar-refractivity contribution in [3.63, 3.8) is 0 Å². The Hall–Kier alpha value is -14.0. The summed E-state index contributed by atoms with van der Waals surface area (Å²) in [6, 6.07) is 50.8. The Bertz CT molecular complexity index is 6380. The van der Waals surface area contributed by atoms with Gasteiger partial charge in [0.1, 0.15) is 66.0 Å². The van der Waals surface area contributed by atoms with Gasteiger partial charge in [-0.15, -0.1) is 0 Å². The van der Waals surface area contributed by atoms with E-state index in [9.17, 15) is 46.0 Å². The number of hydrogen-bond donors (Lipinski definition) is 0. The van der Waals surface area contributed by atoms with Gasteiger partial charge in [-0.25, -0.2) is 23.7 Å². The number of benzene rings is 6. The summed E-state index contributed by atoms with van der Waals surface area (Å²) >= 11 is 0. The molecule has 9 aliphatic heterocycles. The summed E-state index contributed by atoms with van der Waals surface area (Å²) in [4.78, 5) is 77.5. The molecule has 6 fully saturated rings. The molecule has 137 heavy (non-hydrogen) atoms. The van der Waals surface area contributed by atoms with E-state index in [1.807, 2.05) is 26.0 Å². The number of rotatable bonds is 21. The van der Waals surface area contributed by atoms with Crippen LogP contribution in [0.1, 0.15) is 112 Å². The highest BCUT2D eigenvalue weighted by Gasteiger charge is 2.44. The molecule has 28 nitrogen and oxygen atoms in total. The van der Waals surface area contributed by atoms with Crippen LogP contribution in [0, 0.1) is 88.8 Å². The number of piperazine rings is 3. The number of carbonyl (C=O) groups is 3. The molecule has 0 saturated carbocycles. The van der Waals surface area contributed by atoms with Crippen molar-refractivity contribution in [2.45, 2.75) is 146 Å². The van der Waals surface area contributed by atoms with E-state index in [1.54, 1.807) is 21.8 Å². The Kier molecular flexibility index (Phi) is 29.6. The van der Waals surface area contributed by atoms with Gasteiger partial charge < -0.3 is 72.8 Å². The molecule has 0 unspecified atom stereocenters. The van der Waals surface area contributed by atoms with E-state index in [-0.39, 0.29) is 110 Å². The monoisotopic (exact) mass is 1850 g/mol. The zero-order chi connectivity index (χ0) is 96.5. The van der Waals surface area contributed by atoms with Crippen LogP contribution in [-0.2, 0) is 58.0 Å². The van der Waals surface area contributed by atoms with Crippen molar-refractivity contribution in [3.05, 3.63) is 214 Å². The van der Waals surface area contributed by atoms with Gasteiger partial charge in [-0.1, -0.05) is 111 Å². The number of amides is 3. The lowest BCUT2D eigenvalue weighted by atomic mass is 9.94. The molecule has 12 heterocycles. The van der Waals surface area contributed by atoms with E-state index in [4.69, 9.17) is 33.9 Å². The zero-order valence-corrected chi connectivity index (χ0v) is 79.5. The zero-order valence-electron chi connectivity index (χ0n) is 79.5. The van der Waals surface area contributed by atoms with Crippen LogP contribution in [0.3, 0.4) is 0 Å². The molecule has 0 aliphatic carbocycles. The van der Waals surface area contributed by atoms with E-state index >= 15 is 8.78 Å². The number of pyridine rings is 3. The summed E-state index contributed by atoms with van der Waals surface area (Å²) in [5, 5.41) is 67.7. The minimum atomic E-state index is -1.54. The molecule has 6 atom stereocenters. The smallest absolute Gasteiger partial charge is 0.246 e. The topological polar surface area (TPSA) is 308 Å². The number of alkyl halides is 2. The molecule has 0 radical (unpaired) electrons. The number of aromatic nitrogens is 3. The van der Waals surface area contributed by atoms with E-state index in [0.717, 1.165) is 107 Å². The van der Waals surface area contributed by atoms with Crippen molar-refractivity contribution >= 4 is 84.2 Å². The van der Waals surface area contributed by atoms with Crippen LogP contribution >= 0.6 is 0 Å². The van der Waals surface area contributed by atoms with Crippen molar-refractivity contribution in [2.75, 3.05) is 189 Å². The Balaban J connectivity index is 0.000000149. The number of likely N-dealkylation sites (tertiary alicyclic amines) is 3. The fourth-order valence-electron chi connectivity index (χ4n) is 21.8. The number of ether oxygens (including phenoxy) is 4. The second kappa shape index (κ2) is 42.1. The van der Waals surface area contributed by atoms with Crippen molar-refractivity contribution < 1.29 is 42.1 Å². The third-order valence-corrected chi connectivity index (χ3v) is 28.8. The maximum Gasteiger partial charge on any atom is 0.246 e. The molecular weight excluding hydrogens is 1730 g/mol. The minimum Gasteiger partial charge on any atom is -0.473 e. The third kappa shape index (κ3) is 20.2. The standard InChI is InChI=1S/2C36H40FN7O2.C35H39N7O3/c1-4-32(45)44-19-18-43(21-27(44)12-15-38)34-28-13-17-42(31-11-6-10-26-9-5-8-25(2)33(26)31)22-30(28)40-35(29(34)20-39)46-24-36(37)14-7-16-41(3)23-36;1-4-32(45)44-20-19-43(22-27(44)11-15-38)34-28-12-16-42(31-10-6-9-26-8-5-7-25(2)33(26)31)23-30(28)40-35(29(34)21-39)46-24-36(37)13-17-41(3)18-14-36;1-5-32(43)42-17-16-41(19-25(42)12-14-36)34-26-13-15-40(29-11-7-10-24-9-6-8-23(2)33(24)29)20-28(26)38-35(27(34)18-37)45-31-22-39(3)21-30(31)44-4/h4-6,8-11,27H,1,7,12-14,16-19,21-24H2,2-3H3;4-10,27H,1,11-14,16-20,22-24H2,2-3H3;5-11,25,30-31H,1,12-13,15-17,19-22H2,2-4H3/t27-,36-;27-;25-,30+,31+/m000/s1. The Labute approximate surface area is 801 Å². The lowest BCUT2D eigenvalue weighted by molar-refractivity contribution is -0.129. The molecule has 6 saturated heterocycles. The van der Waals surface area contributed by atoms with Gasteiger partial charge in [0.25, 0.3) is 0 Å². The molecule has 0 bridgehead atoms.